The summed E-state index contributed by atoms with van der Waals surface area (Å²) < 4.78 is 0. The van der Waals surface area contributed by atoms with E-state index in [1.54, 1.807) is 0 Å². The first kappa shape index (κ1) is 16.1. The molecule has 1 heterocycles. The van der Waals surface area contributed by atoms with Crippen LogP contribution in [0.2, 0.25) is 0 Å². The number of carbonyl (C=O) groups excluding carboxylic acids is 2. The molecule has 1 saturated heterocycles. The molecule has 2 saturated carbocycles. The number of rotatable bonds is 2. The highest BCUT2D eigenvalue weighted by Crippen LogP contribution is 2.62. The van der Waals surface area contributed by atoms with Crippen molar-refractivity contribution in [3.63, 3.8) is 0 Å². The fourth-order valence-electron chi connectivity index (χ4n) is 6.18. The normalized spacial score (nSPS) is 31.0. The van der Waals surface area contributed by atoms with Crippen molar-refractivity contribution in [1.29, 1.82) is 0 Å². The summed E-state index contributed by atoms with van der Waals surface area (Å²) in [6.45, 7) is 0. The Hall–Kier alpha value is -2.94. The number of hydrogen-bond donors (Lipinski definition) is 0. The summed E-state index contributed by atoms with van der Waals surface area (Å²) in [6, 6.07) is 24.4. The van der Waals surface area contributed by atoms with Gasteiger partial charge in [-0.2, -0.15) is 0 Å². The van der Waals surface area contributed by atoms with E-state index < -0.39 is 0 Å². The van der Waals surface area contributed by atoms with Crippen LogP contribution in [0.15, 0.2) is 72.8 Å². The first-order valence-electron chi connectivity index (χ1n) is 10.1. The molecule has 0 spiro atoms. The zero-order valence-corrected chi connectivity index (χ0v) is 15.5. The zero-order valence-electron chi connectivity index (χ0n) is 15.5. The number of imide groups is 1. The molecule has 2 bridgehead atoms. The molecule has 3 aliphatic rings. The van der Waals surface area contributed by atoms with Crippen LogP contribution in [0.25, 0.3) is 10.8 Å². The summed E-state index contributed by atoms with van der Waals surface area (Å²) in [4.78, 5) is 28.4. The highest BCUT2D eigenvalue weighted by Gasteiger charge is 2.64. The first-order valence-corrected chi connectivity index (χ1v) is 10.1. The van der Waals surface area contributed by atoms with Crippen molar-refractivity contribution >= 4 is 28.3 Å². The van der Waals surface area contributed by atoms with Gasteiger partial charge in [0.05, 0.1) is 17.5 Å². The fourth-order valence-corrected chi connectivity index (χ4v) is 6.18. The number of carbonyl (C=O) groups is 2. The third kappa shape index (κ3) is 2.05. The molecule has 138 valence electrons. The van der Waals surface area contributed by atoms with Gasteiger partial charge in [0.1, 0.15) is 0 Å². The molecule has 3 fully saturated rings. The summed E-state index contributed by atoms with van der Waals surface area (Å²) >= 11 is 0. The maximum absolute atomic E-state index is 13.5. The molecular formula is C25H21NO2. The molecular weight excluding hydrogens is 346 g/mol. The molecule has 0 N–H and O–H groups in total. The lowest BCUT2D eigenvalue weighted by atomic mass is 9.73. The maximum Gasteiger partial charge on any atom is 0.238 e. The van der Waals surface area contributed by atoms with Gasteiger partial charge in [-0.25, -0.2) is 4.90 Å². The highest BCUT2D eigenvalue weighted by molar-refractivity contribution is 6.25. The Morgan fingerprint density at radius 2 is 1.43 bits per heavy atom. The van der Waals surface area contributed by atoms with Crippen LogP contribution in [0.4, 0.5) is 5.69 Å². The molecule has 3 aromatic rings. The average Bonchev–Trinajstić information content (AvgIpc) is 3.40. The molecule has 6 rings (SSSR count). The van der Waals surface area contributed by atoms with E-state index in [4.69, 9.17) is 0 Å². The van der Waals surface area contributed by atoms with Crippen molar-refractivity contribution in [2.75, 3.05) is 4.90 Å². The lowest BCUT2D eigenvalue weighted by Gasteiger charge is -2.28. The predicted molar refractivity (Wildman–Crippen MR) is 109 cm³/mol. The first-order chi connectivity index (χ1) is 13.7. The lowest BCUT2D eigenvalue weighted by molar-refractivity contribution is -0.123. The number of fused-ring (bicyclic) bond motifs is 6. The van der Waals surface area contributed by atoms with Crippen LogP contribution < -0.4 is 4.90 Å². The van der Waals surface area contributed by atoms with E-state index in [9.17, 15) is 9.59 Å². The van der Waals surface area contributed by atoms with E-state index in [0.29, 0.717) is 11.8 Å². The summed E-state index contributed by atoms with van der Waals surface area (Å²) in [5.74, 6) is 0.763. The third-order valence-electron chi connectivity index (χ3n) is 7.25. The van der Waals surface area contributed by atoms with Crippen LogP contribution in [0.5, 0.6) is 0 Å². The smallest absolute Gasteiger partial charge is 0.238 e. The van der Waals surface area contributed by atoms with Crippen molar-refractivity contribution in [1.82, 2.24) is 0 Å². The highest BCUT2D eigenvalue weighted by atomic mass is 16.2. The zero-order chi connectivity index (χ0) is 18.8. The third-order valence-corrected chi connectivity index (χ3v) is 7.25. The van der Waals surface area contributed by atoms with Crippen LogP contribution in [0, 0.1) is 23.7 Å². The second-order valence-electron chi connectivity index (χ2n) is 8.47. The molecule has 5 atom stereocenters. The lowest BCUT2D eigenvalue weighted by Crippen LogP contribution is -2.33. The Morgan fingerprint density at radius 3 is 2.29 bits per heavy atom. The second-order valence-corrected chi connectivity index (χ2v) is 8.47. The van der Waals surface area contributed by atoms with E-state index in [1.807, 2.05) is 48.5 Å². The molecule has 1 aliphatic heterocycles. The van der Waals surface area contributed by atoms with E-state index in [0.717, 1.165) is 29.3 Å². The van der Waals surface area contributed by atoms with Gasteiger partial charge < -0.3 is 0 Å². The second kappa shape index (κ2) is 5.78. The van der Waals surface area contributed by atoms with Crippen molar-refractivity contribution < 1.29 is 9.59 Å². The van der Waals surface area contributed by atoms with Gasteiger partial charge in [-0.15, -0.1) is 0 Å². The Kier molecular flexibility index (Phi) is 3.31. The molecule has 2 aliphatic carbocycles. The van der Waals surface area contributed by atoms with Gasteiger partial charge >= 0.3 is 0 Å². The average molecular weight is 367 g/mol. The van der Waals surface area contributed by atoms with E-state index in [1.165, 1.54) is 10.5 Å². The predicted octanol–water partition coefficient (Wildman–Crippen LogP) is 4.77. The van der Waals surface area contributed by atoms with Gasteiger partial charge in [0.25, 0.3) is 0 Å². The quantitative estimate of drug-likeness (QED) is 0.612. The minimum absolute atomic E-state index is 0.0134. The summed E-state index contributed by atoms with van der Waals surface area (Å²) in [7, 11) is 0. The number of anilines is 1. The molecule has 3 heteroatoms. The Morgan fingerprint density at radius 1 is 0.714 bits per heavy atom. The molecule has 28 heavy (non-hydrogen) atoms. The maximum atomic E-state index is 13.5. The molecule has 0 radical (unpaired) electrons. The van der Waals surface area contributed by atoms with Gasteiger partial charge in [-0.05, 0) is 47.6 Å². The summed E-state index contributed by atoms with van der Waals surface area (Å²) in [5, 5.41) is 2.03. The van der Waals surface area contributed by atoms with Crippen molar-refractivity contribution in [3.05, 3.63) is 78.4 Å². The van der Waals surface area contributed by atoms with E-state index >= 15 is 0 Å². The molecule has 3 aromatic carbocycles. The van der Waals surface area contributed by atoms with Crippen molar-refractivity contribution in [2.45, 2.75) is 18.8 Å². The van der Waals surface area contributed by atoms with Crippen LogP contribution in [0.3, 0.4) is 0 Å². The molecule has 2 amide bonds. The largest absolute Gasteiger partial charge is 0.274 e. The monoisotopic (exact) mass is 367 g/mol. The van der Waals surface area contributed by atoms with Crippen LogP contribution in [-0.2, 0) is 9.59 Å². The minimum atomic E-state index is -0.157. The summed E-state index contributed by atoms with van der Waals surface area (Å²) in [6.07, 6.45) is 2.04. The standard InChI is InChI=1S/C25H21NO2/c27-24-22-17-13-19(16-7-2-1-3-8-16)20(14-17)23(22)25(28)26(24)21-12-6-10-15-9-4-5-11-18(15)21/h1-12,17,19-20,22-23H,13-14H2/t17-,19-,20+,22-,23-/m0/s1. The van der Waals surface area contributed by atoms with E-state index in [-0.39, 0.29) is 29.6 Å². The summed E-state index contributed by atoms with van der Waals surface area (Å²) in [5.41, 5.74) is 2.07. The SMILES string of the molecule is O=C1[C@H]2[C@@H]3C[C@@H]([C@@H]2C(=O)N1c1cccc2ccccc12)[C@H](c1ccccc1)C3. The Balaban J connectivity index is 1.41. The molecule has 0 unspecified atom stereocenters. The van der Waals surface area contributed by atoms with Crippen LogP contribution in [-0.4, -0.2) is 11.8 Å². The van der Waals surface area contributed by atoms with Crippen LogP contribution in [0.1, 0.15) is 24.3 Å². The number of nitrogens with zero attached hydrogens (tertiary/aromatic N) is 1. The van der Waals surface area contributed by atoms with E-state index in [2.05, 4.69) is 24.3 Å². The van der Waals surface area contributed by atoms with Gasteiger partial charge in [0.2, 0.25) is 11.8 Å². The minimum Gasteiger partial charge on any atom is -0.274 e. The van der Waals surface area contributed by atoms with Crippen molar-refractivity contribution in [2.24, 2.45) is 23.7 Å². The van der Waals surface area contributed by atoms with Gasteiger partial charge in [0, 0.05) is 5.39 Å². The Bertz CT molecular complexity index is 1100. The van der Waals surface area contributed by atoms with Gasteiger partial charge in [-0.3, -0.25) is 9.59 Å². The van der Waals surface area contributed by atoms with Crippen LogP contribution >= 0.6 is 0 Å². The van der Waals surface area contributed by atoms with Crippen molar-refractivity contribution in [3.8, 4) is 0 Å². The topological polar surface area (TPSA) is 37.4 Å². The molecule has 0 aromatic heterocycles. The number of benzene rings is 3. The van der Waals surface area contributed by atoms with Gasteiger partial charge in [-0.1, -0.05) is 66.7 Å². The number of amides is 2. The molecule has 3 nitrogen and oxygen atoms in total. The number of hydrogen-bond acceptors (Lipinski definition) is 2. The van der Waals surface area contributed by atoms with Gasteiger partial charge in [0.15, 0.2) is 0 Å². The fraction of sp³-hybridized carbons (Fsp3) is 0.280. The Labute approximate surface area is 164 Å².